The lowest BCUT2D eigenvalue weighted by atomic mass is 9.88. The van der Waals surface area contributed by atoms with Gasteiger partial charge < -0.3 is 10.4 Å². The van der Waals surface area contributed by atoms with Crippen LogP contribution in [-0.4, -0.2) is 23.7 Å². The second-order valence-electron chi connectivity index (χ2n) is 8.85. The summed E-state index contributed by atoms with van der Waals surface area (Å²) in [5.41, 5.74) is 4.24. The zero-order valence-corrected chi connectivity index (χ0v) is 18.1. The van der Waals surface area contributed by atoms with Crippen LogP contribution in [0.25, 0.3) is 0 Å². The van der Waals surface area contributed by atoms with Crippen LogP contribution >= 0.6 is 0 Å². The summed E-state index contributed by atoms with van der Waals surface area (Å²) in [6.07, 6.45) is 14.7. The van der Waals surface area contributed by atoms with Crippen molar-refractivity contribution in [2.75, 3.05) is 6.54 Å². The van der Waals surface area contributed by atoms with E-state index in [4.69, 9.17) is 0 Å². The second kappa shape index (κ2) is 10.8. The number of allylic oxidation sites excluding steroid dienone is 3. The first-order chi connectivity index (χ1) is 14.1. The van der Waals surface area contributed by atoms with Gasteiger partial charge in [0, 0.05) is 18.9 Å². The molecule has 4 atom stereocenters. The number of aryl methyl sites for hydroxylation is 2. The van der Waals surface area contributed by atoms with Crippen molar-refractivity contribution in [2.45, 2.75) is 71.3 Å². The maximum absolute atomic E-state index is 11.5. The van der Waals surface area contributed by atoms with E-state index in [1.54, 1.807) is 5.57 Å². The summed E-state index contributed by atoms with van der Waals surface area (Å²) in [7, 11) is 0. The van der Waals surface area contributed by atoms with Crippen molar-refractivity contribution in [3.63, 3.8) is 0 Å². The molecule has 0 radical (unpaired) electrons. The average molecular weight is 396 g/mol. The van der Waals surface area contributed by atoms with Crippen LogP contribution in [0, 0.1) is 24.7 Å². The largest absolute Gasteiger partial charge is 0.392 e. The Balaban J connectivity index is 1.42. The van der Waals surface area contributed by atoms with Gasteiger partial charge in [-0.05, 0) is 76.2 Å². The van der Waals surface area contributed by atoms with Gasteiger partial charge in [0.25, 0.3) is 0 Å². The van der Waals surface area contributed by atoms with Crippen molar-refractivity contribution in [3.05, 3.63) is 59.2 Å². The van der Waals surface area contributed by atoms with Gasteiger partial charge in [-0.25, -0.2) is 0 Å². The average Bonchev–Trinajstić information content (AvgIpc) is 3.20. The number of aliphatic hydroxyl groups is 1. The number of hydrogen-bond donors (Lipinski definition) is 2. The van der Waals surface area contributed by atoms with Gasteiger partial charge in [-0.3, -0.25) is 4.79 Å². The molecule has 3 nitrogen and oxygen atoms in total. The van der Waals surface area contributed by atoms with Gasteiger partial charge >= 0.3 is 0 Å². The Morgan fingerprint density at radius 2 is 2.14 bits per heavy atom. The molecule has 0 spiro atoms. The molecule has 1 aromatic rings. The van der Waals surface area contributed by atoms with Gasteiger partial charge in [0.15, 0.2) is 0 Å². The molecule has 0 saturated heterocycles. The van der Waals surface area contributed by atoms with Crippen LogP contribution < -0.4 is 5.32 Å². The summed E-state index contributed by atoms with van der Waals surface area (Å²) in [5.74, 6) is 1.57. The molecule has 0 unspecified atom stereocenters. The number of nitrogens with one attached hydrogen (secondary N) is 1. The second-order valence-corrected chi connectivity index (χ2v) is 8.85. The van der Waals surface area contributed by atoms with E-state index in [1.165, 1.54) is 11.1 Å². The van der Waals surface area contributed by atoms with Crippen LogP contribution in [-0.2, 0) is 11.2 Å². The maximum Gasteiger partial charge on any atom is 0.219 e. The number of carbonyl (C=O) groups excluding carboxylic acids is 1. The molecule has 0 aliphatic heterocycles. The number of benzene rings is 1. The standard InChI is InChI=1S/C26H37NO2/c1-3-27-26(29)14-7-5-11-21-16-22-18-25(28)23(24(22)17-21)13-6-4-10-20-12-8-9-19(2)15-20/h6,8-9,12-13,15-16,22-25,28H,3-5,7,10-11,14,17-18H2,1-2H3,(H,27,29)/b13-6+/t22-,23+,24-,25+/m0/s1. The maximum atomic E-state index is 11.5. The molecule has 0 heterocycles. The number of aliphatic hydroxyl groups excluding tert-OH is 1. The third-order valence-corrected chi connectivity index (χ3v) is 6.52. The number of carbonyl (C=O) groups is 1. The number of hydrogen-bond acceptors (Lipinski definition) is 2. The van der Waals surface area contributed by atoms with Crippen LogP contribution in [0.4, 0.5) is 0 Å². The number of fused-ring (bicyclic) bond motifs is 1. The van der Waals surface area contributed by atoms with Crippen LogP contribution in [0.2, 0.25) is 0 Å². The predicted octanol–water partition coefficient (Wildman–Crippen LogP) is 5.12. The summed E-state index contributed by atoms with van der Waals surface area (Å²) in [4.78, 5) is 11.5. The van der Waals surface area contributed by atoms with Gasteiger partial charge in [0.2, 0.25) is 5.91 Å². The number of rotatable bonds is 10. The van der Waals surface area contributed by atoms with Crippen LogP contribution in [0.5, 0.6) is 0 Å². The zero-order chi connectivity index (χ0) is 20.6. The fourth-order valence-electron chi connectivity index (χ4n) is 5.08. The minimum atomic E-state index is -0.198. The van der Waals surface area contributed by atoms with E-state index in [-0.39, 0.29) is 12.0 Å². The van der Waals surface area contributed by atoms with E-state index in [1.807, 2.05) is 6.92 Å². The monoisotopic (exact) mass is 395 g/mol. The summed E-state index contributed by atoms with van der Waals surface area (Å²) in [5, 5.41) is 13.4. The van der Waals surface area contributed by atoms with Gasteiger partial charge in [0.05, 0.1) is 6.10 Å². The van der Waals surface area contributed by atoms with E-state index in [0.29, 0.717) is 24.2 Å². The third kappa shape index (κ3) is 6.30. The Morgan fingerprint density at radius 1 is 1.28 bits per heavy atom. The smallest absolute Gasteiger partial charge is 0.219 e. The third-order valence-electron chi connectivity index (χ3n) is 6.52. The van der Waals surface area contributed by atoms with Crippen LogP contribution in [0.1, 0.15) is 63.0 Å². The Labute approximate surface area is 176 Å². The van der Waals surface area contributed by atoms with Gasteiger partial charge in [0.1, 0.15) is 0 Å². The van der Waals surface area contributed by atoms with E-state index in [2.05, 4.69) is 54.7 Å². The lowest BCUT2D eigenvalue weighted by Gasteiger charge is -2.18. The Morgan fingerprint density at radius 3 is 2.93 bits per heavy atom. The summed E-state index contributed by atoms with van der Waals surface area (Å²) < 4.78 is 0. The van der Waals surface area contributed by atoms with E-state index in [0.717, 1.165) is 51.5 Å². The van der Waals surface area contributed by atoms with E-state index in [9.17, 15) is 9.90 Å². The number of unbranched alkanes of at least 4 members (excludes halogenated alkanes) is 1. The molecule has 0 aromatic heterocycles. The fraction of sp³-hybridized carbons (Fsp3) is 0.577. The Hall–Kier alpha value is -1.87. The molecule has 1 fully saturated rings. The molecule has 1 amide bonds. The van der Waals surface area contributed by atoms with Crippen molar-refractivity contribution < 1.29 is 9.90 Å². The highest BCUT2D eigenvalue weighted by Crippen LogP contribution is 2.48. The SMILES string of the molecule is CCNC(=O)CCCCC1=C[C@H]2C[C@@H](O)[C@H](/C=C/CCc3cccc(C)c3)[C@H]2C1. The summed E-state index contributed by atoms with van der Waals surface area (Å²) >= 11 is 0. The highest BCUT2D eigenvalue weighted by molar-refractivity contribution is 5.75. The van der Waals surface area contributed by atoms with Crippen molar-refractivity contribution in [3.8, 4) is 0 Å². The quantitative estimate of drug-likeness (QED) is 0.426. The lowest BCUT2D eigenvalue weighted by Crippen LogP contribution is -2.22. The minimum absolute atomic E-state index is 0.170. The topological polar surface area (TPSA) is 49.3 Å². The van der Waals surface area contributed by atoms with Crippen molar-refractivity contribution >= 4 is 5.91 Å². The highest BCUT2D eigenvalue weighted by atomic mass is 16.3. The van der Waals surface area contributed by atoms with Crippen molar-refractivity contribution in [1.29, 1.82) is 0 Å². The molecule has 158 valence electrons. The van der Waals surface area contributed by atoms with Crippen molar-refractivity contribution in [2.24, 2.45) is 17.8 Å². The lowest BCUT2D eigenvalue weighted by molar-refractivity contribution is -0.121. The molecule has 0 bridgehead atoms. The first kappa shape index (κ1) is 21.8. The molecule has 2 N–H and O–H groups in total. The van der Waals surface area contributed by atoms with Crippen molar-refractivity contribution in [1.82, 2.24) is 5.32 Å². The van der Waals surface area contributed by atoms with Crippen LogP contribution in [0.15, 0.2) is 48.1 Å². The molecule has 3 rings (SSSR count). The normalized spacial score (nSPS) is 26.0. The summed E-state index contributed by atoms with van der Waals surface area (Å²) in [6, 6.07) is 8.72. The number of amides is 1. The van der Waals surface area contributed by atoms with E-state index >= 15 is 0 Å². The Kier molecular flexibility index (Phi) is 8.11. The first-order valence-corrected chi connectivity index (χ1v) is 11.4. The molecular formula is C26H37NO2. The molecule has 3 heteroatoms. The van der Waals surface area contributed by atoms with Gasteiger partial charge in [-0.15, -0.1) is 0 Å². The molecule has 1 saturated carbocycles. The summed E-state index contributed by atoms with van der Waals surface area (Å²) in [6.45, 7) is 4.82. The zero-order valence-electron chi connectivity index (χ0n) is 18.1. The first-order valence-electron chi connectivity index (χ1n) is 11.4. The Bertz CT molecular complexity index is 736. The highest BCUT2D eigenvalue weighted by Gasteiger charge is 2.42. The molecule has 2 aliphatic rings. The fourth-order valence-corrected chi connectivity index (χ4v) is 5.08. The molecule has 29 heavy (non-hydrogen) atoms. The molecular weight excluding hydrogens is 358 g/mol. The molecule has 1 aromatic carbocycles. The minimum Gasteiger partial charge on any atom is -0.392 e. The van der Waals surface area contributed by atoms with Crippen LogP contribution in [0.3, 0.4) is 0 Å². The van der Waals surface area contributed by atoms with E-state index < -0.39 is 0 Å². The van der Waals surface area contributed by atoms with Gasteiger partial charge in [-0.1, -0.05) is 53.6 Å². The predicted molar refractivity (Wildman–Crippen MR) is 120 cm³/mol. The van der Waals surface area contributed by atoms with Gasteiger partial charge in [-0.2, -0.15) is 0 Å². The molecule has 2 aliphatic carbocycles.